The molecule has 0 aliphatic carbocycles. The number of thiol groups is 1. The Morgan fingerprint density at radius 3 is 2.71 bits per heavy atom. The molecule has 1 aromatic heterocycles. The van der Waals surface area contributed by atoms with E-state index < -0.39 is 10.9 Å². The largest absolute Gasteiger partial charge is 0.299 e. The second-order valence-corrected chi connectivity index (χ2v) is 4.60. The zero-order chi connectivity index (χ0) is 9.97. The van der Waals surface area contributed by atoms with Gasteiger partial charge in [0.25, 0.3) is 5.69 Å². The first-order valence-electron chi connectivity index (χ1n) is 4.01. The average Bonchev–Trinajstić information content (AvgIpc) is 2.70. The van der Waals surface area contributed by atoms with E-state index in [9.17, 15) is 10.1 Å². The summed E-state index contributed by atoms with van der Waals surface area (Å²) in [6.45, 7) is 0. The van der Waals surface area contributed by atoms with Crippen molar-refractivity contribution in [3.63, 3.8) is 0 Å². The standard InChI is InChI=1S/C9H8N2O2S/c12-11(13)8-7-10-4-3-9(8)14-5-1-2-6-14/h1-7,14H. The van der Waals surface area contributed by atoms with Crippen molar-refractivity contribution < 1.29 is 4.92 Å². The van der Waals surface area contributed by atoms with E-state index >= 15 is 0 Å². The molecule has 1 aliphatic heterocycles. The monoisotopic (exact) mass is 208 g/mol. The predicted molar refractivity (Wildman–Crippen MR) is 56.4 cm³/mol. The molecule has 1 aliphatic rings. The summed E-state index contributed by atoms with van der Waals surface area (Å²) in [6.07, 6.45) is 6.72. The lowest BCUT2D eigenvalue weighted by Crippen LogP contribution is -1.92. The number of aromatic nitrogens is 1. The van der Waals surface area contributed by atoms with Crippen LogP contribution in [0, 0.1) is 10.1 Å². The summed E-state index contributed by atoms with van der Waals surface area (Å²) in [7, 11) is -0.636. The molecule has 4 nitrogen and oxygen atoms in total. The van der Waals surface area contributed by atoms with Crippen LogP contribution in [-0.2, 0) is 0 Å². The van der Waals surface area contributed by atoms with Crippen molar-refractivity contribution in [1.29, 1.82) is 0 Å². The van der Waals surface area contributed by atoms with Crippen LogP contribution >= 0.6 is 10.9 Å². The molecule has 0 saturated carbocycles. The van der Waals surface area contributed by atoms with Crippen LogP contribution in [0.5, 0.6) is 0 Å². The van der Waals surface area contributed by atoms with Crippen molar-refractivity contribution in [3.8, 4) is 0 Å². The van der Waals surface area contributed by atoms with Crippen LogP contribution in [0.3, 0.4) is 0 Å². The fraction of sp³-hybridized carbons (Fsp3) is 0. The molecule has 0 saturated heterocycles. The number of nitro groups is 1. The molecular formula is C9H8N2O2S. The molecular weight excluding hydrogens is 200 g/mol. The zero-order valence-corrected chi connectivity index (χ0v) is 8.09. The molecule has 0 fully saturated rings. The Bertz CT molecular complexity index is 417. The van der Waals surface area contributed by atoms with Crippen molar-refractivity contribution in [2.24, 2.45) is 0 Å². The van der Waals surface area contributed by atoms with Gasteiger partial charge in [-0.15, -0.1) is 0 Å². The van der Waals surface area contributed by atoms with Gasteiger partial charge in [0.2, 0.25) is 0 Å². The maximum atomic E-state index is 10.7. The van der Waals surface area contributed by atoms with Crippen molar-refractivity contribution in [2.75, 3.05) is 0 Å². The minimum Gasteiger partial charge on any atom is -0.258 e. The first-order valence-corrected chi connectivity index (χ1v) is 5.49. The SMILES string of the molecule is O=[N+]([O-])c1cnccc1[SH]1C=CC=C1. The van der Waals surface area contributed by atoms with E-state index in [1.54, 1.807) is 12.3 Å². The van der Waals surface area contributed by atoms with Gasteiger partial charge in [-0.2, -0.15) is 10.9 Å². The van der Waals surface area contributed by atoms with E-state index in [0.717, 1.165) is 4.90 Å². The summed E-state index contributed by atoms with van der Waals surface area (Å²) < 4.78 is 0. The van der Waals surface area contributed by atoms with Gasteiger partial charge in [0.1, 0.15) is 6.20 Å². The van der Waals surface area contributed by atoms with Crippen LogP contribution in [0.1, 0.15) is 0 Å². The number of rotatable bonds is 2. The molecule has 0 radical (unpaired) electrons. The van der Waals surface area contributed by atoms with E-state index in [-0.39, 0.29) is 10.6 Å². The van der Waals surface area contributed by atoms with Crippen LogP contribution in [0.15, 0.2) is 46.3 Å². The topological polar surface area (TPSA) is 56.0 Å². The molecule has 0 aromatic carbocycles. The maximum Gasteiger partial charge on any atom is 0.299 e. The fourth-order valence-electron chi connectivity index (χ4n) is 1.23. The van der Waals surface area contributed by atoms with Crippen LogP contribution in [0.2, 0.25) is 0 Å². The van der Waals surface area contributed by atoms with E-state index in [4.69, 9.17) is 0 Å². The van der Waals surface area contributed by atoms with Gasteiger partial charge in [-0.25, -0.2) is 0 Å². The fourth-order valence-corrected chi connectivity index (χ4v) is 2.87. The van der Waals surface area contributed by atoms with Gasteiger partial charge in [-0.3, -0.25) is 15.1 Å². The highest BCUT2D eigenvalue weighted by molar-refractivity contribution is 8.22. The lowest BCUT2D eigenvalue weighted by Gasteiger charge is -2.09. The Morgan fingerprint density at radius 2 is 2.07 bits per heavy atom. The molecule has 0 N–H and O–H groups in total. The van der Waals surface area contributed by atoms with Crippen LogP contribution in [0.4, 0.5) is 5.69 Å². The molecule has 2 heterocycles. The maximum absolute atomic E-state index is 10.7. The first kappa shape index (κ1) is 8.96. The molecule has 0 amide bonds. The van der Waals surface area contributed by atoms with Gasteiger partial charge in [0, 0.05) is 6.20 Å². The van der Waals surface area contributed by atoms with E-state index in [2.05, 4.69) is 4.98 Å². The summed E-state index contributed by atoms with van der Waals surface area (Å²) in [5.41, 5.74) is 0.106. The van der Waals surface area contributed by atoms with Crippen molar-refractivity contribution in [2.45, 2.75) is 4.90 Å². The second-order valence-electron chi connectivity index (χ2n) is 2.71. The summed E-state index contributed by atoms with van der Waals surface area (Å²) >= 11 is 0. The highest BCUT2D eigenvalue weighted by atomic mass is 32.2. The molecule has 0 atom stereocenters. The second kappa shape index (κ2) is 3.63. The van der Waals surface area contributed by atoms with Gasteiger partial charge in [-0.05, 0) is 16.9 Å². The molecule has 0 spiro atoms. The van der Waals surface area contributed by atoms with Gasteiger partial charge >= 0.3 is 0 Å². The number of hydrogen-bond donors (Lipinski definition) is 1. The molecule has 2 rings (SSSR count). The Morgan fingerprint density at radius 1 is 1.36 bits per heavy atom. The lowest BCUT2D eigenvalue weighted by molar-refractivity contribution is -0.388. The van der Waals surface area contributed by atoms with Gasteiger partial charge in [0.15, 0.2) is 0 Å². The summed E-state index contributed by atoms with van der Waals surface area (Å²) in [5.74, 6) is 0. The summed E-state index contributed by atoms with van der Waals surface area (Å²) in [5, 5.41) is 14.7. The minimum atomic E-state index is -0.636. The summed E-state index contributed by atoms with van der Waals surface area (Å²) in [6, 6.07) is 1.71. The summed E-state index contributed by atoms with van der Waals surface area (Å²) in [4.78, 5) is 14.8. The van der Waals surface area contributed by atoms with Crippen molar-refractivity contribution in [1.82, 2.24) is 4.98 Å². The number of hydrogen-bond acceptors (Lipinski definition) is 3. The average molecular weight is 208 g/mol. The third-order valence-electron chi connectivity index (χ3n) is 1.86. The predicted octanol–water partition coefficient (Wildman–Crippen LogP) is 2.39. The van der Waals surface area contributed by atoms with Crippen molar-refractivity contribution >= 4 is 16.6 Å². The van der Waals surface area contributed by atoms with Gasteiger partial charge < -0.3 is 0 Å². The number of allylic oxidation sites excluding steroid dienone is 2. The molecule has 14 heavy (non-hydrogen) atoms. The quantitative estimate of drug-likeness (QED) is 0.461. The third kappa shape index (κ3) is 1.54. The molecule has 0 bridgehead atoms. The molecule has 72 valence electrons. The first-order chi connectivity index (χ1) is 6.79. The van der Waals surface area contributed by atoms with Crippen LogP contribution in [-0.4, -0.2) is 9.91 Å². The normalized spacial score (nSPS) is 16.1. The zero-order valence-electron chi connectivity index (χ0n) is 7.20. The smallest absolute Gasteiger partial charge is 0.258 e. The molecule has 5 heteroatoms. The lowest BCUT2D eigenvalue weighted by atomic mass is 10.4. The van der Waals surface area contributed by atoms with E-state index in [0.29, 0.717) is 0 Å². The Labute approximate surface area is 83.5 Å². The van der Waals surface area contributed by atoms with Crippen LogP contribution < -0.4 is 0 Å². The third-order valence-corrected chi connectivity index (χ3v) is 3.78. The highest BCUT2D eigenvalue weighted by Crippen LogP contribution is 2.45. The van der Waals surface area contributed by atoms with E-state index in [1.807, 2.05) is 23.0 Å². The Kier molecular flexibility index (Phi) is 2.32. The Hall–Kier alpha value is -1.62. The van der Waals surface area contributed by atoms with E-state index in [1.165, 1.54) is 6.20 Å². The Balaban J connectivity index is 2.46. The molecule has 0 unspecified atom stereocenters. The van der Waals surface area contributed by atoms with Crippen molar-refractivity contribution in [3.05, 3.63) is 51.5 Å². The van der Waals surface area contributed by atoms with Gasteiger partial charge in [-0.1, -0.05) is 12.2 Å². The number of pyridine rings is 1. The minimum absolute atomic E-state index is 0.106. The van der Waals surface area contributed by atoms with Gasteiger partial charge in [0.05, 0.1) is 9.82 Å². The van der Waals surface area contributed by atoms with Crippen LogP contribution in [0.25, 0.3) is 0 Å². The highest BCUT2D eigenvalue weighted by Gasteiger charge is 2.17. The molecule has 1 aromatic rings. The number of nitrogens with zero attached hydrogens (tertiary/aromatic N) is 2.